The summed E-state index contributed by atoms with van der Waals surface area (Å²) in [4.78, 5) is 2.74. The van der Waals surface area contributed by atoms with Crippen molar-refractivity contribution in [3.05, 3.63) is 198 Å². The third-order valence-electron chi connectivity index (χ3n) is 19.7. The number of para-hydroxylation sites is 3. The van der Waals surface area contributed by atoms with Crippen molar-refractivity contribution in [3.63, 3.8) is 0 Å². The number of hydrogen-bond donors (Lipinski definition) is 0. The average Bonchev–Trinajstić information content (AvgIpc) is 1.49. The van der Waals surface area contributed by atoms with E-state index >= 15 is 0 Å². The number of fused-ring (bicyclic) bond motifs is 17. The smallest absolute Gasteiger partial charge is 0.264 e. The lowest BCUT2D eigenvalue weighted by Crippen LogP contribution is -2.59. The van der Waals surface area contributed by atoms with Crippen LogP contribution in [0.1, 0.15) is 131 Å². The highest BCUT2D eigenvalue weighted by atomic mass is 32.1. The van der Waals surface area contributed by atoms with Crippen molar-refractivity contribution in [2.24, 2.45) is 0 Å². The summed E-state index contributed by atoms with van der Waals surface area (Å²) in [7, 11) is 0. The lowest BCUT2D eigenvalue weighted by molar-refractivity contribution is 0.332. The van der Waals surface area contributed by atoms with E-state index in [1.165, 1.54) is 148 Å². The lowest BCUT2D eigenvalue weighted by atomic mass is 9.36. The largest absolute Gasteiger partial charge is 0.310 e. The highest BCUT2D eigenvalue weighted by Gasteiger charge is 2.46. The molecule has 3 aliphatic rings. The van der Waals surface area contributed by atoms with Crippen LogP contribution >= 0.6 is 11.3 Å². The fourth-order valence-electron chi connectivity index (χ4n) is 15.1. The zero-order valence-corrected chi connectivity index (χ0v) is 50.7. The molecule has 404 valence electrons. The molecule has 82 heavy (non-hydrogen) atoms. The molecule has 0 unspecified atom stereocenters. The van der Waals surface area contributed by atoms with Crippen LogP contribution < -0.4 is 20.6 Å². The minimum atomic E-state index is -0.0369. The standard InChI is InChI=1S/C76H71BN4S/c1-72(2,3)44-26-32-60-53(38-44)54-39-45(73(4,5)6)27-33-61(54)79(60)49-42-63-67-64(43-49)81-68-50(51-30-34-62-66(69(51)81)52-22-17-18-25-59(52)78(62)47-20-15-14-16-21-47)23-19-24-58(68)77(67)71-70(55-40-46(74(7,8)9)28-35-65(55)82-71)80(63)48-29-31-56-57(41-48)76(12,13)37-36-75(56,10)11/h14-35,38-43H,36-37H2,1-13H3. The van der Waals surface area contributed by atoms with Crippen molar-refractivity contribution < 1.29 is 0 Å². The maximum absolute atomic E-state index is 2.74. The third-order valence-corrected chi connectivity index (χ3v) is 20.9. The Morgan fingerprint density at radius 3 is 1.66 bits per heavy atom. The van der Waals surface area contributed by atoms with Gasteiger partial charge in [0.1, 0.15) is 0 Å². The molecule has 6 heterocycles. The molecule has 4 aromatic heterocycles. The summed E-state index contributed by atoms with van der Waals surface area (Å²) < 4.78 is 10.6. The highest BCUT2D eigenvalue weighted by molar-refractivity contribution is 7.33. The van der Waals surface area contributed by atoms with Crippen LogP contribution in [-0.2, 0) is 27.1 Å². The first-order valence-corrected chi connectivity index (χ1v) is 30.7. The second-order valence-corrected chi connectivity index (χ2v) is 29.9. The Kier molecular flexibility index (Phi) is 10.0. The molecule has 1 aliphatic carbocycles. The van der Waals surface area contributed by atoms with Crippen molar-refractivity contribution in [2.45, 2.75) is 130 Å². The molecule has 9 aromatic carbocycles. The Bertz CT molecular complexity index is 4860. The fraction of sp³-hybridized carbons (Fsp3) is 0.263. The first-order chi connectivity index (χ1) is 39.1. The molecular weight excluding hydrogens is 1010 g/mol. The molecule has 0 N–H and O–H groups in total. The zero-order chi connectivity index (χ0) is 56.5. The third kappa shape index (κ3) is 6.85. The minimum Gasteiger partial charge on any atom is -0.310 e. The monoisotopic (exact) mass is 1080 g/mol. The van der Waals surface area contributed by atoms with Gasteiger partial charge in [-0.2, -0.15) is 0 Å². The molecule has 0 saturated carbocycles. The van der Waals surface area contributed by atoms with Crippen LogP contribution in [0.3, 0.4) is 0 Å². The van der Waals surface area contributed by atoms with Gasteiger partial charge in [-0.3, -0.25) is 0 Å². The van der Waals surface area contributed by atoms with Crippen LogP contribution in [0.5, 0.6) is 0 Å². The number of thiophene rings is 1. The van der Waals surface area contributed by atoms with E-state index in [4.69, 9.17) is 0 Å². The van der Waals surface area contributed by atoms with E-state index in [-0.39, 0.29) is 33.8 Å². The van der Waals surface area contributed by atoms with E-state index in [0.717, 1.165) is 17.8 Å². The first-order valence-electron chi connectivity index (χ1n) is 29.9. The van der Waals surface area contributed by atoms with E-state index in [1.54, 1.807) is 0 Å². The van der Waals surface area contributed by atoms with Crippen LogP contribution in [-0.4, -0.2) is 20.4 Å². The van der Waals surface area contributed by atoms with E-state index in [9.17, 15) is 0 Å². The SMILES string of the molecule is CC(C)(C)c1ccc2sc3c(c2c1)N(c1ccc2c(c1)C(C)(C)CCC2(C)C)c1cc(-n2c4ccc(C(C)(C)C)cc4c4cc(C(C)(C)C)ccc42)cc2c1B3c1cccc3c4ccc5c(c6ccccc6n5-c5ccccc5)c4n-2c13. The quantitative estimate of drug-likeness (QED) is 0.161. The van der Waals surface area contributed by atoms with Gasteiger partial charge in [-0.05, 0) is 164 Å². The summed E-state index contributed by atoms with van der Waals surface area (Å²) in [5, 5.41) is 9.04. The maximum Gasteiger partial charge on any atom is 0.264 e. The van der Waals surface area contributed by atoms with Gasteiger partial charge in [0.2, 0.25) is 0 Å². The first kappa shape index (κ1) is 50.0. The number of anilines is 3. The molecule has 0 amide bonds. The lowest BCUT2D eigenvalue weighted by Gasteiger charge is -2.43. The van der Waals surface area contributed by atoms with Gasteiger partial charge >= 0.3 is 0 Å². The second-order valence-electron chi connectivity index (χ2n) is 28.9. The number of hydrogen-bond acceptors (Lipinski definition) is 2. The number of benzene rings is 9. The van der Waals surface area contributed by atoms with Gasteiger partial charge in [-0.25, -0.2) is 0 Å². The average molecular weight is 1080 g/mol. The Morgan fingerprint density at radius 2 is 0.976 bits per heavy atom. The molecule has 13 aromatic rings. The second kappa shape index (κ2) is 16.5. The Hall–Kier alpha value is -7.80. The van der Waals surface area contributed by atoms with Gasteiger partial charge in [0, 0.05) is 75.4 Å². The van der Waals surface area contributed by atoms with Gasteiger partial charge in [0.25, 0.3) is 6.71 Å². The van der Waals surface area contributed by atoms with Gasteiger partial charge in [-0.15, -0.1) is 11.3 Å². The molecule has 0 bridgehead atoms. The normalized spacial score (nSPS) is 15.7. The molecule has 0 fully saturated rings. The summed E-state index contributed by atoms with van der Waals surface area (Å²) in [6.45, 7) is 31.0. The molecule has 6 heteroatoms. The van der Waals surface area contributed by atoms with Gasteiger partial charge in [0.05, 0.1) is 39.0 Å². The zero-order valence-electron chi connectivity index (χ0n) is 49.9. The molecule has 2 aliphatic heterocycles. The molecule has 0 spiro atoms. The predicted molar refractivity (Wildman–Crippen MR) is 356 cm³/mol. The summed E-state index contributed by atoms with van der Waals surface area (Å²) >= 11 is 2.01. The van der Waals surface area contributed by atoms with E-state index in [2.05, 4.69) is 278 Å². The van der Waals surface area contributed by atoms with Crippen LogP contribution in [0, 0.1) is 0 Å². The number of aromatic nitrogens is 3. The molecule has 0 radical (unpaired) electrons. The molecule has 4 nitrogen and oxygen atoms in total. The predicted octanol–water partition coefficient (Wildman–Crippen LogP) is 19.0. The van der Waals surface area contributed by atoms with Crippen LogP contribution in [0.4, 0.5) is 17.1 Å². The summed E-state index contributed by atoms with van der Waals surface area (Å²) in [6, 6.07) is 66.8. The molecular formula is C76H71BN4S. The Labute approximate surface area is 486 Å². The minimum absolute atomic E-state index is 0.0130. The molecule has 0 atom stereocenters. The van der Waals surface area contributed by atoms with Crippen molar-refractivity contribution >= 4 is 126 Å². The van der Waals surface area contributed by atoms with Gasteiger partial charge < -0.3 is 18.6 Å². The van der Waals surface area contributed by atoms with E-state index < -0.39 is 0 Å². The van der Waals surface area contributed by atoms with Crippen molar-refractivity contribution in [1.29, 1.82) is 0 Å². The fourth-order valence-corrected chi connectivity index (χ4v) is 16.4. The van der Waals surface area contributed by atoms with Crippen molar-refractivity contribution in [3.8, 4) is 17.1 Å². The summed E-state index contributed by atoms with van der Waals surface area (Å²) in [5.41, 5.74) is 24.5. The van der Waals surface area contributed by atoms with E-state index in [1.807, 2.05) is 11.3 Å². The van der Waals surface area contributed by atoms with Crippen LogP contribution in [0.2, 0.25) is 0 Å². The summed E-state index contributed by atoms with van der Waals surface area (Å²) in [5.74, 6) is 0. The highest BCUT2D eigenvalue weighted by Crippen LogP contribution is 2.53. The van der Waals surface area contributed by atoms with Crippen molar-refractivity contribution in [2.75, 3.05) is 4.90 Å². The van der Waals surface area contributed by atoms with Gasteiger partial charge in [-0.1, -0.05) is 175 Å². The van der Waals surface area contributed by atoms with Gasteiger partial charge in [0.15, 0.2) is 0 Å². The summed E-state index contributed by atoms with van der Waals surface area (Å²) in [6.07, 6.45) is 2.32. The topological polar surface area (TPSA) is 18.0 Å². The number of nitrogens with zero attached hydrogens (tertiary/aromatic N) is 4. The molecule has 16 rings (SSSR count). The van der Waals surface area contributed by atoms with Crippen LogP contribution in [0.15, 0.2) is 170 Å². The Balaban J connectivity index is 1.11. The molecule has 0 saturated heterocycles. The van der Waals surface area contributed by atoms with Crippen molar-refractivity contribution in [1.82, 2.24) is 13.7 Å². The van der Waals surface area contributed by atoms with E-state index in [0.29, 0.717) is 0 Å². The number of rotatable bonds is 3. The Morgan fingerprint density at radius 1 is 0.415 bits per heavy atom. The maximum atomic E-state index is 2.74. The van der Waals surface area contributed by atoms with Crippen LogP contribution in [0.25, 0.3) is 92.6 Å².